The second-order valence-corrected chi connectivity index (χ2v) is 4.69. The highest BCUT2D eigenvalue weighted by Gasteiger charge is 2.34. The zero-order valence-electron chi connectivity index (χ0n) is 10.7. The number of hydrogen-bond acceptors (Lipinski definition) is 4. The van der Waals surface area contributed by atoms with Gasteiger partial charge in [-0.1, -0.05) is 0 Å². The van der Waals surface area contributed by atoms with Gasteiger partial charge in [-0.25, -0.2) is 9.59 Å². The van der Waals surface area contributed by atoms with Crippen molar-refractivity contribution in [3.8, 4) is 11.5 Å². The molecule has 0 bridgehead atoms. The summed E-state index contributed by atoms with van der Waals surface area (Å²) >= 11 is 0. The lowest BCUT2D eigenvalue weighted by molar-refractivity contribution is -0.141. The van der Waals surface area contributed by atoms with Crippen LogP contribution in [-0.2, 0) is 4.79 Å². The predicted molar refractivity (Wildman–Crippen MR) is 68.9 cm³/mol. The minimum Gasteiger partial charge on any atom is -0.480 e. The molecule has 0 aromatic heterocycles. The van der Waals surface area contributed by atoms with Crippen molar-refractivity contribution in [3.05, 3.63) is 18.2 Å². The predicted octanol–water partition coefficient (Wildman–Crippen LogP) is 1.50. The summed E-state index contributed by atoms with van der Waals surface area (Å²) in [6.45, 7) is 0.618. The minimum absolute atomic E-state index is 0.167. The number of fused-ring (bicyclic) bond motifs is 1. The average Bonchev–Trinajstić information content (AvgIpc) is 3.06. The Labute approximate surface area is 115 Å². The van der Waals surface area contributed by atoms with Gasteiger partial charge in [0, 0.05) is 18.3 Å². The van der Waals surface area contributed by atoms with Crippen molar-refractivity contribution in [1.29, 1.82) is 0 Å². The Hall–Kier alpha value is -2.44. The van der Waals surface area contributed by atoms with Crippen LogP contribution < -0.4 is 14.8 Å². The molecule has 1 unspecified atom stereocenters. The summed E-state index contributed by atoms with van der Waals surface area (Å²) in [5.41, 5.74) is 0.551. The number of ether oxygens (including phenoxy) is 2. The van der Waals surface area contributed by atoms with E-state index in [0.717, 1.165) is 0 Å². The normalized spacial score (nSPS) is 20.0. The van der Waals surface area contributed by atoms with Crippen molar-refractivity contribution in [2.75, 3.05) is 18.7 Å². The van der Waals surface area contributed by atoms with Gasteiger partial charge >= 0.3 is 12.0 Å². The first-order valence-electron chi connectivity index (χ1n) is 6.35. The smallest absolute Gasteiger partial charge is 0.326 e. The zero-order chi connectivity index (χ0) is 14.1. The number of aliphatic carboxylic acids is 1. The van der Waals surface area contributed by atoms with Crippen molar-refractivity contribution >= 4 is 17.7 Å². The lowest BCUT2D eigenvalue weighted by atomic mass is 10.2. The number of anilines is 1. The number of urea groups is 1. The van der Waals surface area contributed by atoms with Crippen LogP contribution in [0.25, 0.3) is 0 Å². The first-order valence-corrected chi connectivity index (χ1v) is 6.35. The topological polar surface area (TPSA) is 88.1 Å². The summed E-state index contributed by atoms with van der Waals surface area (Å²) < 4.78 is 10.4. The molecule has 1 atom stereocenters. The first kappa shape index (κ1) is 12.6. The monoisotopic (exact) mass is 278 g/mol. The van der Waals surface area contributed by atoms with Gasteiger partial charge in [0.2, 0.25) is 6.79 Å². The number of nitrogens with one attached hydrogen (secondary N) is 1. The van der Waals surface area contributed by atoms with E-state index in [1.54, 1.807) is 18.2 Å². The van der Waals surface area contributed by atoms with E-state index in [4.69, 9.17) is 14.6 Å². The van der Waals surface area contributed by atoms with E-state index < -0.39 is 18.0 Å². The van der Waals surface area contributed by atoms with Gasteiger partial charge in [0.05, 0.1) is 0 Å². The van der Waals surface area contributed by atoms with Crippen LogP contribution in [0.2, 0.25) is 0 Å². The maximum Gasteiger partial charge on any atom is 0.326 e. The molecule has 1 aromatic rings. The standard InChI is InChI=1S/C13H14N2O5/c16-12(17)9-2-1-5-15(9)13(18)14-8-3-4-10-11(6-8)20-7-19-10/h3-4,6,9H,1-2,5,7H2,(H,14,18)(H,16,17). The maximum absolute atomic E-state index is 12.1. The fraction of sp³-hybridized carbons (Fsp3) is 0.385. The number of carboxylic acid groups (broad SMARTS) is 1. The Morgan fingerprint density at radius 3 is 2.90 bits per heavy atom. The number of carboxylic acids is 1. The summed E-state index contributed by atoms with van der Waals surface area (Å²) in [5.74, 6) is 0.231. The van der Waals surface area contributed by atoms with Crippen LogP contribution in [0.15, 0.2) is 18.2 Å². The third kappa shape index (κ3) is 2.22. The van der Waals surface area contributed by atoms with E-state index in [9.17, 15) is 9.59 Å². The molecule has 0 radical (unpaired) electrons. The van der Waals surface area contributed by atoms with Gasteiger partial charge in [0.25, 0.3) is 0 Å². The number of amides is 2. The van der Waals surface area contributed by atoms with Crippen molar-refractivity contribution in [2.24, 2.45) is 0 Å². The Morgan fingerprint density at radius 2 is 2.10 bits per heavy atom. The molecular weight excluding hydrogens is 264 g/mol. The van der Waals surface area contributed by atoms with Crippen LogP contribution in [0.3, 0.4) is 0 Å². The molecule has 7 nitrogen and oxygen atoms in total. The largest absolute Gasteiger partial charge is 0.480 e. The lowest BCUT2D eigenvalue weighted by Gasteiger charge is -2.21. The Kier molecular flexibility index (Phi) is 3.09. The van der Waals surface area contributed by atoms with E-state index in [2.05, 4.69) is 5.32 Å². The van der Waals surface area contributed by atoms with Gasteiger partial charge in [-0.2, -0.15) is 0 Å². The van der Waals surface area contributed by atoms with Crippen molar-refractivity contribution in [2.45, 2.75) is 18.9 Å². The number of carbonyl (C=O) groups is 2. The molecule has 2 aliphatic rings. The fourth-order valence-electron chi connectivity index (χ4n) is 2.44. The van der Waals surface area contributed by atoms with Gasteiger partial charge in [-0.05, 0) is 25.0 Å². The fourth-order valence-corrected chi connectivity index (χ4v) is 2.44. The van der Waals surface area contributed by atoms with Crippen molar-refractivity contribution in [3.63, 3.8) is 0 Å². The van der Waals surface area contributed by atoms with E-state index in [0.29, 0.717) is 36.6 Å². The summed E-state index contributed by atoms with van der Waals surface area (Å²) in [6, 6.07) is 3.90. The van der Waals surface area contributed by atoms with E-state index in [1.165, 1.54) is 4.90 Å². The highest BCUT2D eigenvalue weighted by atomic mass is 16.7. The average molecular weight is 278 g/mol. The quantitative estimate of drug-likeness (QED) is 0.855. The van der Waals surface area contributed by atoms with Gasteiger partial charge < -0.3 is 24.8 Å². The Bertz CT molecular complexity index is 560. The molecule has 1 fully saturated rings. The van der Waals surface area contributed by atoms with Gasteiger partial charge in [0.15, 0.2) is 11.5 Å². The molecule has 2 heterocycles. The van der Waals surface area contributed by atoms with E-state index in [1.807, 2.05) is 0 Å². The van der Waals surface area contributed by atoms with Crippen molar-refractivity contribution in [1.82, 2.24) is 4.90 Å². The number of carbonyl (C=O) groups excluding carboxylic acids is 1. The zero-order valence-corrected chi connectivity index (χ0v) is 10.7. The molecule has 2 N–H and O–H groups in total. The van der Waals surface area contributed by atoms with E-state index >= 15 is 0 Å². The summed E-state index contributed by atoms with van der Waals surface area (Å²) in [4.78, 5) is 24.5. The third-order valence-electron chi connectivity index (χ3n) is 3.42. The second-order valence-electron chi connectivity index (χ2n) is 4.69. The number of rotatable bonds is 2. The molecular formula is C13H14N2O5. The van der Waals surface area contributed by atoms with E-state index in [-0.39, 0.29) is 6.79 Å². The van der Waals surface area contributed by atoms with Crippen LogP contribution in [0.4, 0.5) is 10.5 Å². The molecule has 20 heavy (non-hydrogen) atoms. The molecule has 106 valence electrons. The Morgan fingerprint density at radius 1 is 1.30 bits per heavy atom. The number of benzene rings is 1. The van der Waals surface area contributed by atoms with Crippen LogP contribution in [0.1, 0.15) is 12.8 Å². The number of hydrogen-bond donors (Lipinski definition) is 2. The van der Waals surface area contributed by atoms with Crippen LogP contribution in [-0.4, -0.2) is 41.4 Å². The SMILES string of the molecule is O=C(O)C1CCCN1C(=O)Nc1ccc2c(c1)OCO2. The highest BCUT2D eigenvalue weighted by Crippen LogP contribution is 2.34. The van der Waals surface area contributed by atoms with Crippen LogP contribution >= 0.6 is 0 Å². The van der Waals surface area contributed by atoms with Gasteiger partial charge in [-0.3, -0.25) is 0 Å². The molecule has 2 amide bonds. The van der Waals surface area contributed by atoms with Crippen molar-refractivity contribution < 1.29 is 24.2 Å². The maximum atomic E-state index is 12.1. The van der Waals surface area contributed by atoms with Crippen LogP contribution in [0.5, 0.6) is 11.5 Å². The summed E-state index contributed by atoms with van der Waals surface area (Å²) in [5, 5.41) is 11.8. The molecule has 0 spiro atoms. The second kappa shape index (κ2) is 4.92. The third-order valence-corrected chi connectivity index (χ3v) is 3.42. The summed E-state index contributed by atoms with van der Waals surface area (Å²) in [7, 11) is 0. The lowest BCUT2D eigenvalue weighted by Crippen LogP contribution is -2.42. The van der Waals surface area contributed by atoms with Gasteiger partial charge in [0.1, 0.15) is 6.04 Å². The number of nitrogens with zero attached hydrogens (tertiary/aromatic N) is 1. The molecule has 0 saturated carbocycles. The molecule has 3 rings (SSSR count). The first-order chi connectivity index (χ1) is 9.65. The van der Waals surface area contributed by atoms with Gasteiger partial charge in [-0.15, -0.1) is 0 Å². The number of likely N-dealkylation sites (tertiary alicyclic amines) is 1. The Balaban J connectivity index is 1.71. The van der Waals surface area contributed by atoms with Crippen LogP contribution in [0, 0.1) is 0 Å². The highest BCUT2D eigenvalue weighted by molar-refractivity contribution is 5.93. The molecule has 1 saturated heterocycles. The molecule has 2 aliphatic heterocycles. The molecule has 0 aliphatic carbocycles. The minimum atomic E-state index is -0.969. The molecule has 7 heteroatoms. The summed E-state index contributed by atoms with van der Waals surface area (Å²) in [6.07, 6.45) is 1.19. The molecule has 1 aromatic carbocycles.